The van der Waals surface area contributed by atoms with Crippen LogP contribution in [0.1, 0.15) is 53.1 Å². The molecule has 3 amide bonds. The number of aromatic amines is 1. The van der Waals surface area contributed by atoms with Crippen molar-refractivity contribution in [3.05, 3.63) is 46.5 Å². The maximum atomic E-state index is 13.8. The molecule has 8 nitrogen and oxygen atoms in total. The number of benzene rings is 1. The first-order valence-electron chi connectivity index (χ1n) is 11.0. The molecular weight excluding hydrogens is 513 g/mol. The number of anilines is 1. The Kier molecular flexibility index (Phi) is 6.71. The average molecular weight is 534 g/mol. The van der Waals surface area contributed by atoms with Crippen LogP contribution in [-0.4, -0.2) is 57.9 Å². The molecule has 2 heterocycles. The Balaban J connectivity index is 1.54. The summed E-state index contributed by atoms with van der Waals surface area (Å²) in [5, 5.41) is -0.139. The monoisotopic (exact) mass is 533 g/mol. The molecule has 0 bridgehead atoms. The molecule has 14 heteroatoms. The van der Waals surface area contributed by atoms with Crippen LogP contribution in [0.15, 0.2) is 18.5 Å². The highest BCUT2D eigenvalue weighted by molar-refractivity contribution is 6.34. The third-order valence-corrected chi connectivity index (χ3v) is 7.15. The van der Waals surface area contributed by atoms with Gasteiger partial charge in [-0.1, -0.05) is 11.6 Å². The van der Waals surface area contributed by atoms with Gasteiger partial charge in [0.15, 0.2) is 17.3 Å². The van der Waals surface area contributed by atoms with Crippen LogP contribution in [0.3, 0.4) is 0 Å². The molecule has 194 valence electrons. The van der Waals surface area contributed by atoms with Gasteiger partial charge in [0.2, 0.25) is 5.91 Å². The van der Waals surface area contributed by atoms with Crippen molar-refractivity contribution in [1.82, 2.24) is 14.9 Å². The molecule has 1 saturated heterocycles. The summed E-state index contributed by atoms with van der Waals surface area (Å²) < 4.78 is 67.4. The number of primary amides is 1. The third-order valence-electron chi connectivity index (χ3n) is 6.84. The topological polar surface area (TPSA) is 112 Å². The summed E-state index contributed by atoms with van der Waals surface area (Å²) in [5.41, 5.74) is 3.36. The van der Waals surface area contributed by atoms with Crippen LogP contribution in [0.2, 0.25) is 5.02 Å². The van der Waals surface area contributed by atoms with E-state index in [1.165, 1.54) is 4.90 Å². The van der Waals surface area contributed by atoms with Crippen LogP contribution in [0.5, 0.6) is 0 Å². The van der Waals surface area contributed by atoms with Gasteiger partial charge in [0.1, 0.15) is 12.2 Å². The molecule has 2 aromatic rings. The molecule has 0 radical (unpaired) electrons. The average Bonchev–Trinajstić information content (AvgIpc) is 3.41. The number of hydrogen-bond acceptors (Lipinski definition) is 4. The van der Waals surface area contributed by atoms with Gasteiger partial charge in [-0.25, -0.2) is 13.8 Å². The molecule has 3 N–H and O–H groups in total. The zero-order valence-electron chi connectivity index (χ0n) is 18.7. The normalized spacial score (nSPS) is 22.3. The van der Waals surface area contributed by atoms with Gasteiger partial charge in [0.05, 0.1) is 22.5 Å². The summed E-state index contributed by atoms with van der Waals surface area (Å²) >= 11 is 6.03. The molecule has 2 aliphatic rings. The lowest BCUT2D eigenvalue weighted by Crippen LogP contribution is -2.49. The second-order valence-electron chi connectivity index (χ2n) is 8.97. The van der Waals surface area contributed by atoms with Gasteiger partial charge in [0, 0.05) is 18.7 Å². The van der Waals surface area contributed by atoms with Crippen molar-refractivity contribution in [3.63, 3.8) is 0 Å². The highest BCUT2D eigenvalue weighted by atomic mass is 35.5. The fourth-order valence-electron chi connectivity index (χ4n) is 5.05. The van der Waals surface area contributed by atoms with Crippen molar-refractivity contribution in [3.8, 4) is 0 Å². The standard InChI is InChI=1S/C22H21ClF5N5O3/c23-12-7-13(24)14(25)8-15(12)32-6-5-21(20(32)36)3-1-11(2-4-21)33(9-22(26,27)28)19(35)17-16(18(29)34)30-10-31-17/h7-8,10-11H,1-6,9H2,(H2,29,34)(H,30,31). The lowest BCUT2D eigenvalue weighted by molar-refractivity contribution is -0.147. The maximum absolute atomic E-state index is 13.8. The number of rotatable bonds is 5. The Morgan fingerprint density at radius 1 is 1.19 bits per heavy atom. The van der Waals surface area contributed by atoms with Crippen molar-refractivity contribution in [2.24, 2.45) is 11.1 Å². The second kappa shape index (κ2) is 9.34. The van der Waals surface area contributed by atoms with Crippen LogP contribution in [-0.2, 0) is 4.79 Å². The summed E-state index contributed by atoms with van der Waals surface area (Å²) in [6.07, 6.45) is -2.90. The predicted octanol–water partition coefficient (Wildman–Crippen LogP) is 3.81. The lowest BCUT2D eigenvalue weighted by atomic mass is 9.71. The van der Waals surface area contributed by atoms with E-state index in [-0.39, 0.29) is 48.8 Å². The number of nitrogens with zero attached hydrogens (tertiary/aromatic N) is 3. The Bertz CT molecular complexity index is 1210. The number of aromatic nitrogens is 2. The van der Waals surface area contributed by atoms with Crippen LogP contribution >= 0.6 is 11.6 Å². The molecule has 1 aliphatic carbocycles. The molecule has 36 heavy (non-hydrogen) atoms. The minimum absolute atomic E-state index is 0.0201. The molecule has 0 unspecified atom stereocenters. The van der Waals surface area contributed by atoms with Crippen molar-refractivity contribution >= 4 is 35.0 Å². The summed E-state index contributed by atoms with van der Waals surface area (Å²) in [4.78, 5) is 45.7. The first-order valence-corrected chi connectivity index (χ1v) is 11.4. The van der Waals surface area contributed by atoms with Crippen LogP contribution < -0.4 is 10.6 Å². The number of halogens is 6. The zero-order chi connectivity index (χ0) is 26.4. The van der Waals surface area contributed by atoms with Gasteiger partial charge < -0.3 is 20.5 Å². The van der Waals surface area contributed by atoms with Crippen molar-refractivity contribution in [2.75, 3.05) is 18.0 Å². The number of hydrogen-bond donors (Lipinski definition) is 2. The number of alkyl halides is 3. The van der Waals surface area contributed by atoms with Gasteiger partial charge in [-0.3, -0.25) is 14.4 Å². The number of nitrogens with two attached hydrogens (primary N) is 1. The largest absolute Gasteiger partial charge is 0.406 e. The van der Waals surface area contributed by atoms with Gasteiger partial charge in [-0.15, -0.1) is 0 Å². The second-order valence-corrected chi connectivity index (χ2v) is 9.38. The first-order chi connectivity index (χ1) is 16.8. The van der Waals surface area contributed by atoms with Crippen molar-refractivity contribution in [2.45, 2.75) is 44.3 Å². The predicted molar refractivity (Wildman–Crippen MR) is 117 cm³/mol. The number of imidazole rings is 1. The van der Waals surface area contributed by atoms with Crippen LogP contribution in [0.4, 0.5) is 27.6 Å². The minimum Gasteiger partial charge on any atom is -0.364 e. The third kappa shape index (κ3) is 4.75. The highest BCUT2D eigenvalue weighted by Gasteiger charge is 2.51. The molecule has 0 atom stereocenters. The Hall–Kier alpha value is -3.22. The number of nitrogens with one attached hydrogen (secondary N) is 1. The van der Waals surface area contributed by atoms with E-state index in [2.05, 4.69) is 9.97 Å². The summed E-state index contributed by atoms with van der Waals surface area (Å²) in [6, 6.07) is 0.741. The van der Waals surface area contributed by atoms with Gasteiger partial charge >= 0.3 is 6.18 Å². The van der Waals surface area contributed by atoms with E-state index in [0.717, 1.165) is 18.5 Å². The van der Waals surface area contributed by atoms with Crippen molar-refractivity contribution < 1.29 is 36.3 Å². The van der Waals surface area contributed by atoms with Crippen LogP contribution in [0.25, 0.3) is 0 Å². The molecule has 1 aromatic heterocycles. The number of H-pyrrole nitrogens is 1. The Morgan fingerprint density at radius 2 is 1.83 bits per heavy atom. The first kappa shape index (κ1) is 25.9. The smallest absolute Gasteiger partial charge is 0.364 e. The fourth-order valence-corrected chi connectivity index (χ4v) is 5.30. The van der Waals surface area contributed by atoms with Crippen LogP contribution in [0, 0.1) is 17.0 Å². The van der Waals surface area contributed by atoms with Gasteiger partial charge in [-0.2, -0.15) is 13.2 Å². The maximum Gasteiger partial charge on any atom is 0.406 e. The van der Waals surface area contributed by atoms with Gasteiger partial charge in [0.25, 0.3) is 11.8 Å². The molecule has 2 fully saturated rings. The number of carbonyl (C=O) groups is 3. The van der Waals surface area contributed by atoms with E-state index in [9.17, 15) is 36.3 Å². The van der Waals surface area contributed by atoms with E-state index < -0.39 is 59.0 Å². The quantitative estimate of drug-likeness (QED) is 0.449. The Labute approximate surface area is 206 Å². The molecule has 1 spiro atoms. The minimum atomic E-state index is -4.72. The van der Waals surface area contributed by atoms with E-state index >= 15 is 0 Å². The van der Waals surface area contributed by atoms with E-state index in [1.807, 2.05) is 0 Å². The fraction of sp³-hybridized carbons (Fsp3) is 0.455. The summed E-state index contributed by atoms with van der Waals surface area (Å²) in [7, 11) is 0. The van der Waals surface area contributed by atoms with E-state index in [0.29, 0.717) is 11.3 Å². The SMILES string of the molecule is NC(=O)c1nc[nH]c1C(=O)N(CC(F)(F)F)C1CCC2(CC1)CCN(c1cc(F)c(F)cc1Cl)C2=O. The molecule has 4 rings (SSSR count). The van der Waals surface area contributed by atoms with E-state index in [4.69, 9.17) is 17.3 Å². The molecule has 1 aromatic carbocycles. The number of amides is 3. The van der Waals surface area contributed by atoms with Gasteiger partial charge in [-0.05, 0) is 38.2 Å². The Morgan fingerprint density at radius 3 is 2.44 bits per heavy atom. The summed E-state index contributed by atoms with van der Waals surface area (Å²) in [5.74, 6) is -4.85. The molecular formula is C22H21ClF5N5O3. The summed E-state index contributed by atoms with van der Waals surface area (Å²) in [6.45, 7) is -1.39. The zero-order valence-corrected chi connectivity index (χ0v) is 19.4. The highest BCUT2D eigenvalue weighted by Crippen LogP contribution is 2.48. The molecule has 1 saturated carbocycles. The number of carbonyl (C=O) groups excluding carboxylic acids is 3. The lowest BCUT2D eigenvalue weighted by Gasteiger charge is -2.40. The molecule has 1 aliphatic heterocycles. The van der Waals surface area contributed by atoms with Crippen molar-refractivity contribution in [1.29, 1.82) is 0 Å². The van der Waals surface area contributed by atoms with E-state index in [1.54, 1.807) is 0 Å².